The van der Waals surface area contributed by atoms with E-state index in [4.69, 9.17) is 20.9 Å². The lowest BCUT2D eigenvalue weighted by Crippen LogP contribution is -2.53. The topological polar surface area (TPSA) is 188 Å². The molecule has 0 spiro atoms. The average molecular weight is 543 g/mol. The third-order valence-corrected chi connectivity index (χ3v) is 7.29. The average Bonchev–Trinajstić information content (AvgIpc) is 3.32. The molecule has 4 atom stereocenters. The van der Waals surface area contributed by atoms with Crippen molar-refractivity contribution in [3.63, 3.8) is 0 Å². The number of amides is 3. The van der Waals surface area contributed by atoms with Gasteiger partial charge in [0.2, 0.25) is 17.7 Å². The first-order valence-corrected chi connectivity index (χ1v) is 13.0. The quantitative estimate of drug-likeness (QED) is 0.231. The zero-order valence-corrected chi connectivity index (χ0v) is 21.4. The molecule has 0 fully saturated rings. The smallest absolute Gasteiger partial charge is 0.303 e. The number of hydrogen-bond donors (Lipinski definition) is 5. The van der Waals surface area contributed by atoms with Crippen molar-refractivity contribution in [3.8, 4) is 0 Å². The molecule has 1 aromatic carbocycles. The summed E-state index contributed by atoms with van der Waals surface area (Å²) in [5, 5.41) is 23.9. The number of allylic oxidation sites excluding steroid dienone is 2. The van der Waals surface area contributed by atoms with E-state index in [2.05, 4.69) is 22.8 Å². The summed E-state index contributed by atoms with van der Waals surface area (Å²) in [6.45, 7) is 0. The largest absolute Gasteiger partial charge is 0.481 e. The molecular weight excluding hydrogens is 512 g/mol. The van der Waals surface area contributed by atoms with E-state index in [1.54, 1.807) is 11.8 Å². The normalized spacial score (nSPS) is 19.1. The number of aryl methyl sites for hydroxylation is 1. The van der Waals surface area contributed by atoms with Gasteiger partial charge >= 0.3 is 11.9 Å². The highest BCUT2D eigenvalue weighted by Gasteiger charge is 2.28. The zero-order chi connectivity index (χ0) is 27.7. The molecule has 2 unspecified atom stereocenters. The number of fused-ring (bicyclic) bond motifs is 1. The highest BCUT2D eigenvalue weighted by atomic mass is 32.2. The standard InChI is InChI=1S/C26H30N4O7S/c27-24(36)18(10-13-22(32)33)29-25(37)19(11-14-23(34)35)28-21(31)12-7-15-5-8-16(9-6-15)26-30-17-3-1-2-4-20(17)38-26/h1-6,8-9,17-20H,7,10-14H2,(H2,27,36)(H,28,31)(H,29,37)(H,32,33)(H,34,35)/t17?,18-,19-,20?/m0/s1. The monoisotopic (exact) mass is 542 g/mol. The first-order chi connectivity index (χ1) is 18.1. The lowest BCUT2D eigenvalue weighted by Gasteiger charge is -2.21. The number of nitrogens with zero attached hydrogens (tertiary/aromatic N) is 1. The van der Waals surface area contributed by atoms with Crippen molar-refractivity contribution in [2.45, 2.75) is 61.9 Å². The Morgan fingerprint density at radius 1 is 0.895 bits per heavy atom. The molecule has 0 saturated carbocycles. The Bertz CT molecular complexity index is 1160. The van der Waals surface area contributed by atoms with Crippen molar-refractivity contribution < 1.29 is 34.2 Å². The summed E-state index contributed by atoms with van der Waals surface area (Å²) in [4.78, 5) is 63.5. The molecule has 0 radical (unpaired) electrons. The molecule has 1 aliphatic heterocycles. The van der Waals surface area contributed by atoms with Gasteiger partial charge in [-0.15, -0.1) is 0 Å². The Balaban J connectivity index is 1.55. The molecule has 12 heteroatoms. The molecule has 0 saturated heterocycles. The number of aliphatic carboxylic acids is 2. The van der Waals surface area contributed by atoms with Gasteiger partial charge in [-0.2, -0.15) is 0 Å². The van der Waals surface area contributed by atoms with Gasteiger partial charge in [0.05, 0.1) is 16.3 Å². The number of primary amides is 1. The summed E-state index contributed by atoms with van der Waals surface area (Å²) < 4.78 is 0. The summed E-state index contributed by atoms with van der Waals surface area (Å²) in [7, 11) is 0. The second-order valence-electron chi connectivity index (χ2n) is 8.92. The van der Waals surface area contributed by atoms with Crippen LogP contribution in [-0.4, -0.2) is 68.3 Å². The number of nitrogens with one attached hydrogen (secondary N) is 2. The molecule has 2 aliphatic rings. The number of benzene rings is 1. The SMILES string of the molecule is NC(=O)[C@H](CCC(=O)O)NC(=O)[C@H](CCC(=O)O)NC(=O)CCc1ccc(C2=NC3C=CC=CC3S2)cc1. The highest BCUT2D eigenvalue weighted by Crippen LogP contribution is 2.33. The predicted molar refractivity (Wildman–Crippen MR) is 142 cm³/mol. The zero-order valence-electron chi connectivity index (χ0n) is 20.5. The van der Waals surface area contributed by atoms with E-state index in [0.717, 1.165) is 16.2 Å². The summed E-state index contributed by atoms with van der Waals surface area (Å²) in [5.74, 6) is -4.54. The summed E-state index contributed by atoms with van der Waals surface area (Å²) in [6.07, 6.45) is 7.41. The Hall–Kier alpha value is -3.93. The first-order valence-electron chi connectivity index (χ1n) is 12.1. The minimum absolute atomic E-state index is 0.0455. The second-order valence-corrected chi connectivity index (χ2v) is 10.1. The maximum Gasteiger partial charge on any atom is 0.303 e. The molecule has 1 heterocycles. The van der Waals surface area contributed by atoms with Crippen LogP contribution in [0.25, 0.3) is 0 Å². The number of hydrogen-bond acceptors (Lipinski definition) is 7. The summed E-state index contributed by atoms with van der Waals surface area (Å²) in [6, 6.07) is 5.38. The minimum atomic E-state index is -1.26. The maximum atomic E-state index is 12.7. The Kier molecular flexibility index (Phi) is 10.2. The van der Waals surface area contributed by atoms with Gasteiger partial charge in [-0.1, -0.05) is 60.3 Å². The Labute approximate surface area is 223 Å². The second kappa shape index (κ2) is 13.6. The number of carboxylic acids is 2. The van der Waals surface area contributed by atoms with Gasteiger partial charge in [0, 0.05) is 24.8 Å². The van der Waals surface area contributed by atoms with Crippen molar-refractivity contribution in [1.82, 2.24) is 10.6 Å². The van der Waals surface area contributed by atoms with Crippen LogP contribution in [0, 0.1) is 0 Å². The van der Waals surface area contributed by atoms with Crippen molar-refractivity contribution >= 4 is 46.5 Å². The van der Waals surface area contributed by atoms with E-state index in [1.807, 2.05) is 36.4 Å². The van der Waals surface area contributed by atoms with Crippen molar-refractivity contribution in [2.24, 2.45) is 10.7 Å². The van der Waals surface area contributed by atoms with E-state index >= 15 is 0 Å². The third-order valence-electron chi connectivity index (χ3n) is 6.02. The van der Waals surface area contributed by atoms with Gasteiger partial charge in [-0.25, -0.2) is 0 Å². The van der Waals surface area contributed by atoms with Crippen LogP contribution in [-0.2, 0) is 30.4 Å². The molecule has 6 N–H and O–H groups in total. The summed E-state index contributed by atoms with van der Waals surface area (Å²) >= 11 is 1.71. The number of carboxylic acid groups (broad SMARTS) is 2. The minimum Gasteiger partial charge on any atom is -0.481 e. The molecule has 202 valence electrons. The van der Waals surface area contributed by atoms with Crippen LogP contribution in [0.5, 0.6) is 0 Å². The number of nitrogens with two attached hydrogens (primary N) is 1. The summed E-state index contributed by atoms with van der Waals surface area (Å²) in [5.41, 5.74) is 7.14. The van der Waals surface area contributed by atoms with Gasteiger partial charge in [-0.3, -0.25) is 29.0 Å². The fourth-order valence-electron chi connectivity index (χ4n) is 3.94. The number of carbonyl (C=O) groups is 5. The van der Waals surface area contributed by atoms with Crippen LogP contribution in [0.1, 0.15) is 43.2 Å². The third kappa shape index (κ3) is 8.58. The predicted octanol–water partition coefficient (Wildman–Crippen LogP) is 1.16. The number of aliphatic imine (C=N–C) groups is 1. The lowest BCUT2D eigenvalue weighted by atomic mass is 10.1. The molecule has 1 aromatic rings. The van der Waals surface area contributed by atoms with Gasteiger partial charge in [0.15, 0.2) is 0 Å². The van der Waals surface area contributed by atoms with Crippen LogP contribution in [0.4, 0.5) is 0 Å². The Morgan fingerprint density at radius 3 is 2.13 bits per heavy atom. The van der Waals surface area contributed by atoms with Gasteiger partial charge in [-0.05, 0) is 24.8 Å². The molecular formula is C26H30N4O7S. The number of rotatable bonds is 14. The van der Waals surface area contributed by atoms with E-state index in [-0.39, 0.29) is 25.3 Å². The van der Waals surface area contributed by atoms with Gasteiger partial charge in [0.25, 0.3) is 0 Å². The van der Waals surface area contributed by atoms with Crippen molar-refractivity contribution in [3.05, 3.63) is 59.7 Å². The Morgan fingerprint density at radius 2 is 1.53 bits per heavy atom. The van der Waals surface area contributed by atoms with E-state index < -0.39 is 54.6 Å². The van der Waals surface area contributed by atoms with Crippen LogP contribution in [0.15, 0.2) is 53.6 Å². The molecule has 0 aromatic heterocycles. The van der Waals surface area contributed by atoms with Crippen LogP contribution in [0.2, 0.25) is 0 Å². The molecule has 11 nitrogen and oxygen atoms in total. The lowest BCUT2D eigenvalue weighted by molar-refractivity contribution is -0.139. The van der Waals surface area contributed by atoms with Crippen LogP contribution in [0.3, 0.4) is 0 Å². The fraction of sp³-hybridized carbons (Fsp3) is 0.385. The molecule has 0 bridgehead atoms. The van der Waals surface area contributed by atoms with Crippen LogP contribution < -0.4 is 16.4 Å². The number of thioether (sulfide) groups is 1. The van der Waals surface area contributed by atoms with E-state index in [9.17, 15) is 24.0 Å². The van der Waals surface area contributed by atoms with E-state index in [1.165, 1.54) is 0 Å². The number of carbonyl (C=O) groups excluding carboxylic acids is 3. The molecule has 1 aliphatic carbocycles. The van der Waals surface area contributed by atoms with Gasteiger partial charge < -0.3 is 26.6 Å². The van der Waals surface area contributed by atoms with Gasteiger partial charge in [0.1, 0.15) is 12.1 Å². The molecule has 38 heavy (non-hydrogen) atoms. The first kappa shape index (κ1) is 28.6. The molecule has 3 amide bonds. The highest BCUT2D eigenvalue weighted by molar-refractivity contribution is 8.15. The van der Waals surface area contributed by atoms with Crippen molar-refractivity contribution in [2.75, 3.05) is 0 Å². The van der Waals surface area contributed by atoms with Crippen molar-refractivity contribution in [1.29, 1.82) is 0 Å². The van der Waals surface area contributed by atoms with E-state index in [0.29, 0.717) is 11.7 Å². The maximum absolute atomic E-state index is 12.7. The molecule has 3 rings (SSSR count). The van der Waals surface area contributed by atoms with Crippen LogP contribution >= 0.6 is 11.8 Å². The fourth-order valence-corrected chi connectivity index (χ4v) is 5.11.